The lowest BCUT2D eigenvalue weighted by molar-refractivity contribution is -0.119. The average molecular weight is 397 g/mol. The number of benzene rings is 2. The Morgan fingerprint density at radius 1 is 1.23 bits per heavy atom. The molecule has 0 saturated heterocycles. The van der Waals surface area contributed by atoms with E-state index in [2.05, 4.69) is 5.32 Å². The van der Waals surface area contributed by atoms with E-state index >= 15 is 0 Å². The number of halogens is 1. The van der Waals surface area contributed by atoms with Crippen LogP contribution in [0, 0.1) is 6.92 Å². The van der Waals surface area contributed by atoms with Gasteiger partial charge in [-0.2, -0.15) is 0 Å². The highest BCUT2D eigenvalue weighted by molar-refractivity contribution is 7.92. The fourth-order valence-corrected chi connectivity index (χ4v) is 3.47. The number of sulfonamides is 1. The van der Waals surface area contributed by atoms with Gasteiger partial charge in [0.05, 0.1) is 19.1 Å². The molecule has 26 heavy (non-hydrogen) atoms. The second-order valence-electron chi connectivity index (χ2n) is 5.83. The van der Waals surface area contributed by atoms with Crippen LogP contribution in [0.2, 0.25) is 5.02 Å². The molecule has 0 spiro atoms. The van der Waals surface area contributed by atoms with E-state index in [0.29, 0.717) is 22.0 Å². The molecule has 0 bridgehead atoms. The molecule has 0 aromatic heterocycles. The highest BCUT2D eigenvalue weighted by Crippen LogP contribution is 2.26. The number of amides is 1. The monoisotopic (exact) mass is 396 g/mol. The van der Waals surface area contributed by atoms with Crippen molar-refractivity contribution in [3.63, 3.8) is 0 Å². The van der Waals surface area contributed by atoms with Crippen LogP contribution in [0.3, 0.4) is 0 Å². The molecule has 1 N–H and O–H groups in total. The summed E-state index contributed by atoms with van der Waals surface area (Å²) in [6.07, 6.45) is 1.06. The summed E-state index contributed by atoms with van der Waals surface area (Å²) in [5.41, 5.74) is 1.94. The number of aryl methyl sites for hydroxylation is 1. The fraction of sp³-hybridized carbons (Fsp3) is 0.278. The molecule has 0 aliphatic carbocycles. The Balaban J connectivity index is 2.13. The molecular formula is C18H21ClN2O4S. The van der Waals surface area contributed by atoms with Crippen LogP contribution in [0.4, 0.5) is 5.69 Å². The van der Waals surface area contributed by atoms with Crippen LogP contribution in [0.15, 0.2) is 42.5 Å². The maximum Gasteiger partial charge on any atom is 0.241 e. The summed E-state index contributed by atoms with van der Waals surface area (Å²) in [6, 6.07) is 12.2. The predicted molar refractivity (Wildman–Crippen MR) is 103 cm³/mol. The van der Waals surface area contributed by atoms with Gasteiger partial charge >= 0.3 is 0 Å². The molecule has 0 unspecified atom stereocenters. The van der Waals surface area contributed by atoms with Gasteiger partial charge in [0.15, 0.2) is 0 Å². The van der Waals surface area contributed by atoms with Crippen LogP contribution in [-0.2, 0) is 21.4 Å². The highest BCUT2D eigenvalue weighted by Gasteiger charge is 2.22. The Hall–Kier alpha value is -2.25. The molecule has 8 heteroatoms. The molecule has 2 aromatic carbocycles. The number of hydrogen-bond donors (Lipinski definition) is 1. The summed E-state index contributed by atoms with van der Waals surface area (Å²) >= 11 is 5.98. The topological polar surface area (TPSA) is 75.7 Å². The second kappa shape index (κ2) is 8.42. The zero-order valence-corrected chi connectivity index (χ0v) is 16.4. The average Bonchev–Trinajstić information content (AvgIpc) is 2.59. The summed E-state index contributed by atoms with van der Waals surface area (Å²) < 4.78 is 30.5. The third kappa shape index (κ3) is 5.37. The summed E-state index contributed by atoms with van der Waals surface area (Å²) in [4.78, 5) is 12.3. The molecule has 2 rings (SSSR count). The van der Waals surface area contributed by atoms with Gasteiger partial charge in [-0.3, -0.25) is 9.10 Å². The number of hydrogen-bond acceptors (Lipinski definition) is 4. The SMILES string of the molecule is COc1cccc(CNC(=O)CN(c2cc(Cl)ccc2C)S(C)(=O)=O)c1. The number of ether oxygens (including phenoxy) is 1. The normalized spacial score (nSPS) is 11.1. The predicted octanol–water partition coefficient (Wildman–Crippen LogP) is 2.74. The Morgan fingerprint density at radius 3 is 2.62 bits per heavy atom. The first kappa shape index (κ1) is 20.1. The van der Waals surface area contributed by atoms with Gasteiger partial charge in [0.2, 0.25) is 15.9 Å². The second-order valence-corrected chi connectivity index (χ2v) is 8.17. The van der Waals surface area contributed by atoms with Crippen LogP contribution in [0.25, 0.3) is 0 Å². The Kier molecular flexibility index (Phi) is 6.50. The van der Waals surface area contributed by atoms with Gasteiger partial charge in [-0.15, -0.1) is 0 Å². The molecule has 0 radical (unpaired) electrons. The van der Waals surface area contributed by atoms with Crippen LogP contribution in [-0.4, -0.2) is 34.2 Å². The fourth-order valence-electron chi connectivity index (χ4n) is 2.40. The maximum absolute atomic E-state index is 12.3. The number of carbonyl (C=O) groups excluding carboxylic acids is 1. The van der Waals surface area contributed by atoms with Crippen molar-refractivity contribution in [3.05, 3.63) is 58.6 Å². The van der Waals surface area contributed by atoms with Crippen LogP contribution in [0.1, 0.15) is 11.1 Å². The van der Waals surface area contributed by atoms with Gasteiger partial charge in [0, 0.05) is 11.6 Å². The molecule has 0 atom stereocenters. The number of methoxy groups -OCH3 is 1. The molecule has 0 saturated carbocycles. The zero-order valence-electron chi connectivity index (χ0n) is 14.8. The Morgan fingerprint density at radius 2 is 1.96 bits per heavy atom. The van der Waals surface area contributed by atoms with Crippen molar-refractivity contribution in [1.29, 1.82) is 0 Å². The minimum absolute atomic E-state index is 0.266. The van der Waals surface area contributed by atoms with E-state index in [1.165, 1.54) is 6.07 Å². The minimum Gasteiger partial charge on any atom is -0.497 e. The van der Waals surface area contributed by atoms with Gasteiger partial charge < -0.3 is 10.1 Å². The minimum atomic E-state index is -3.65. The summed E-state index contributed by atoms with van der Waals surface area (Å²) in [5, 5.41) is 3.12. The number of anilines is 1. The first-order chi connectivity index (χ1) is 12.2. The van der Waals surface area contributed by atoms with Crippen LogP contribution >= 0.6 is 11.6 Å². The van der Waals surface area contributed by atoms with Crippen molar-refractivity contribution >= 4 is 33.2 Å². The largest absolute Gasteiger partial charge is 0.497 e. The first-order valence-corrected chi connectivity index (χ1v) is 10.1. The molecule has 140 valence electrons. The van der Waals surface area contributed by atoms with E-state index < -0.39 is 15.9 Å². The van der Waals surface area contributed by atoms with Crippen molar-refractivity contribution in [3.8, 4) is 5.75 Å². The van der Waals surface area contributed by atoms with E-state index in [-0.39, 0.29) is 13.1 Å². The molecule has 2 aromatic rings. The van der Waals surface area contributed by atoms with E-state index in [1.807, 2.05) is 12.1 Å². The first-order valence-electron chi connectivity index (χ1n) is 7.84. The molecule has 0 aliphatic rings. The lowest BCUT2D eigenvalue weighted by atomic mass is 10.2. The summed E-state index contributed by atoms with van der Waals surface area (Å²) in [5.74, 6) is 0.265. The molecule has 0 heterocycles. The summed E-state index contributed by atoms with van der Waals surface area (Å²) in [6.45, 7) is 1.70. The number of nitrogens with one attached hydrogen (secondary N) is 1. The van der Waals surface area contributed by atoms with Gasteiger partial charge in [-0.05, 0) is 42.3 Å². The third-order valence-electron chi connectivity index (χ3n) is 3.75. The molecule has 0 fully saturated rings. The van der Waals surface area contributed by atoms with Crippen molar-refractivity contribution in [1.82, 2.24) is 5.32 Å². The third-order valence-corrected chi connectivity index (χ3v) is 5.11. The Labute approximate surface area is 158 Å². The molecule has 6 nitrogen and oxygen atoms in total. The van der Waals surface area contributed by atoms with Gasteiger partial charge in [-0.1, -0.05) is 29.8 Å². The Bertz CT molecular complexity index is 900. The van der Waals surface area contributed by atoms with Crippen molar-refractivity contribution in [2.45, 2.75) is 13.5 Å². The molecule has 0 aliphatic heterocycles. The van der Waals surface area contributed by atoms with Crippen molar-refractivity contribution in [2.24, 2.45) is 0 Å². The lowest BCUT2D eigenvalue weighted by Gasteiger charge is -2.23. The quantitative estimate of drug-likeness (QED) is 0.780. The van der Waals surface area contributed by atoms with E-state index in [0.717, 1.165) is 16.1 Å². The lowest BCUT2D eigenvalue weighted by Crippen LogP contribution is -2.40. The van der Waals surface area contributed by atoms with E-state index in [9.17, 15) is 13.2 Å². The van der Waals surface area contributed by atoms with E-state index in [1.54, 1.807) is 38.3 Å². The smallest absolute Gasteiger partial charge is 0.241 e. The molecular weight excluding hydrogens is 376 g/mol. The van der Waals surface area contributed by atoms with Gasteiger partial charge in [0.25, 0.3) is 0 Å². The number of carbonyl (C=O) groups is 1. The van der Waals surface area contributed by atoms with Crippen LogP contribution < -0.4 is 14.4 Å². The standard InChI is InChI=1S/C18H21ClN2O4S/c1-13-7-8-15(19)10-17(13)21(26(3,23)24)12-18(22)20-11-14-5-4-6-16(9-14)25-2/h4-10H,11-12H2,1-3H3,(H,20,22). The highest BCUT2D eigenvalue weighted by atomic mass is 35.5. The molecule has 1 amide bonds. The maximum atomic E-state index is 12.3. The number of nitrogens with zero attached hydrogens (tertiary/aromatic N) is 1. The van der Waals surface area contributed by atoms with Gasteiger partial charge in [0.1, 0.15) is 12.3 Å². The van der Waals surface area contributed by atoms with Crippen molar-refractivity contribution < 1.29 is 17.9 Å². The van der Waals surface area contributed by atoms with Gasteiger partial charge in [-0.25, -0.2) is 8.42 Å². The number of rotatable bonds is 7. The summed E-state index contributed by atoms with van der Waals surface area (Å²) in [7, 11) is -2.09. The van der Waals surface area contributed by atoms with Crippen molar-refractivity contribution in [2.75, 3.05) is 24.2 Å². The van der Waals surface area contributed by atoms with E-state index in [4.69, 9.17) is 16.3 Å². The zero-order chi connectivity index (χ0) is 19.3. The van der Waals surface area contributed by atoms with Crippen LogP contribution in [0.5, 0.6) is 5.75 Å².